The highest BCUT2D eigenvalue weighted by molar-refractivity contribution is 7.89. The summed E-state index contributed by atoms with van der Waals surface area (Å²) in [5.41, 5.74) is 0. The van der Waals surface area contributed by atoms with Crippen LogP contribution in [0.4, 0.5) is 0 Å². The van der Waals surface area contributed by atoms with Gasteiger partial charge in [0.25, 0.3) is 0 Å². The lowest BCUT2D eigenvalue weighted by molar-refractivity contribution is -0.121. The fourth-order valence-corrected chi connectivity index (χ4v) is 1.59. The van der Waals surface area contributed by atoms with Gasteiger partial charge in [-0.1, -0.05) is 19.0 Å². The third-order valence-electron chi connectivity index (χ3n) is 1.87. The zero-order valence-corrected chi connectivity index (χ0v) is 10.2. The first-order valence-corrected chi connectivity index (χ1v) is 6.86. The number of ketones is 1. The van der Waals surface area contributed by atoms with E-state index in [1.165, 1.54) is 0 Å². The Balaban J connectivity index is 2.69. The molecule has 1 heterocycles. The van der Waals surface area contributed by atoms with E-state index in [4.69, 9.17) is 4.52 Å². The highest BCUT2D eigenvalue weighted by Gasteiger charge is 2.16. The van der Waals surface area contributed by atoms with Gasteiger partial charge in [0.2, 0.25) is 5.89 Å². The van der Waals surface area contributed by atoms with E-state index in [2.05, 4.69) is 10.1 Å². The molecule has 0 N–H and O–H groups in total. The molecule has 1 aromatic rings. The van der Waals surface area contributed by atoms with Gasteiger partial charge >= 0.3 is 0 Å². The molecule has 0 aliphatic carbocycles. The van der Waals surface area contributed by atoms with E-state index in [0.717, 1.165) is 6.26 Å². The number of hydrogen-bond acceptors (Lipinski definition) is 6. The zero-order valence-electron chi connectivity index (χ0n) is 9.43. The van der Waals surface area contributed by atoms with Crippen LogP contribution >= 0.6 is 0 Å². The third kappa shape index (κ3) is 4.09. The summed E-state index contributed by atoms with van der Waals surface area (Å²) in [4.78, 5) is 15.2. The molecule has 0 spiro atoms. The monoisotopic (exact) mass is 246 g/mol. The number of carbonyl (C=O) groups excluding carboxylic acids is 1. The van der Waals surface area contributed by atoms with E-state index in [9.17, 15) is 13.2 Å². The maximum Gasteiger partial charge on any atom is 0.234 e. The SMILES string of the molecule is CC(C)C(=O)Cc1nc(CS(C)(=O)=O)no1. The Bertz CT molecular complexity index is 475. The Morgan fingerprint density at radius 3 is 2.56 bits per heavy atom. The Kier molecular flexibility index (Phi) is 3.79. The third-order valence-corrected chi connectivity index (χ3v) is 2.65. The maximum absolute atomic E-state index is 11.4. The minimum absolute atomic E-state index is 0.0189. The molecular formula is C9H14N2O4S. The molecule has 90 valence electrons. The van der Waals surface area contributed by atoms with Crippen LogP contribution in [0.3, 0.4) is 0 Å². The molecule has 7 heteroatoms. The second kappa shape index (κ2) is 4.73. The van der Waals surface area contributed by atoms with Crippen molar-refractivity contribution < 1.29 is 17.7 Å². The fourth-order valence-electron chi connectivity index (χ4n) is 1.01. The molecule has 0 aliphatic rings. The molecule has 1 rings (SSSR count). The van der Waals surface area contributed by atoms with Crippen LogP contribution in [0.15, 0.2) is 4.52 Å². The first-order chi connectivity index (χ1) is 7.28. The Morgan fingerprint density at radius 1 is 1.44 bits per heavy atom. The van der Waals surface area contributed by atoms with Gasteiger partial charge in [-0.15, -0.1) is 0 Å². The van der Waals surface area contributed by atoms with Crippen molar-refractivity contribution in [1.82, 2.24) is 10.1 Å². The van der Waals surface area contributed by atoms with Gasteiger partial charge in [-0.3, -0.25) is 4.79 Å². The summed E-state index contributed by atoms with van der Waals surface area (Å²) >= 11 is 0. The molecule has 0 saturated heterocycles. The van der Waals surface area contributed by atoms with E-state index < -0.39 is 9.84 Å². The van der Waals surface area contributed by atoms with E-state index in [1.54, 1.807) is 13.8 Å². The van der Waals surface area contributed by atoms with Crippen molar-refractivity contribution in [2.24, 2.45) is 5.92 Å². The number of nitrogens with zero attached hydrogens (tertiary/aromatic N) is 2. The number of sulfone groups is 1. The fraction of sp³-hybridized carbons (Fsp3) is 0.667. The van der Waals surface area contributed by atoms with Crippen LogP contribution < -0.4 is 0 Å². The number of rotatable bonds is 5. The van der Waals surface area contributed by atoms with Gasteiger partial charge in [-0.05, 0) is 0 Å². The van der Waals surface area contributed by atoms with E-state index in [-0.39, 0.29) is 35.6 Å². The normalized spacial score (nSPS) is 12.0. The largest absolute Gasteiger partial charge is 0.339 e. The van der Waals surface area contributed by atoms with Crippen LogP contribution in [0.5, 0.6) is 0 Å². The summed E-state index contributed by atoms with van der Waals surface area (Å²) < 4.78 is 26.7. The van der Waals surface area contributed by atoms with E-state index in [1.807, 2.05) is 0 Å². The number of hydrogen-bond donors (Lipinski definition) is 0. The Labute approximate surface area is 94.0 Å². The molecule has 0 saturated carbocycles. The topological polar surface area (TPSA) is 90.1 Å². The van der Waals surface area contributed by atoms with Gasteiger partial charge < -0.3 is 4.52 Å². The van der Waals surface area contributed by atoms with Crippen LogP contribution in [-0.4, -0.2) is 30.6 Å². The number of carbonyl (C=O) groups is 1. The molecule has 0 aliphatic heterocycles. The summed E-state index contributed by atoms with van der Waals surface area (Å²) in [6.45, 7) is 3.55. The van der Waals surface area contributed by atoms with Crippen molar-refractivity contribution in [2.75, 3.05) is 6.26 Å². The van der Waals surface area contributed by atoms with Crippen LogP contribution in [-0.2, 0) is 26.8 Å². The summed E-state index contributed by atoms with van der Waals surface area (Å²) in [7, 11) is -3.18. The minimum atomic E-state index is -3.18. The average Bonchev–Trinajstić information content (AvgIpc) is 2.49. The predicted octanol–water partition coefficient (Wildman–Crippen LogP) is 0.382. The van der Waals surface area contributed by atoms with Gasteiger partial charge in [0.1, 0.15) is 11.5 Å². The highest BCUT2D eigenvalue weighted by atomic mass is 32.2. The van der Waals surface area contributed by atoms with E-state index >= 15 is 0 Å². The van der Waals surface area contributed by atoms with Gasteiger partial charge in [0.05, 0.1) is 6.42 Å². The molecule has 1 aromatic heterocycles. The first-order valence-electron chi connectivity index (χ1n) is 4.80. The van der Waals surface area contributed by atoms with Crippen molar-refractivity contribution in [2.45, 2.75) is 26.0 Å². The summed E-state index contributed by atoms with van der Waals surface area (Å²) in [6, 6.07) is 0. The molecule has 0 amide bonds. The average molecular weight is 246 g/mol. The Hall–Kier alpha value is -1.24. The van der Waals surface area contributed by atoms with Gasteiger partial charge in [0, 0.05) is 12.2 Å². The number of Topliss-reactive ketones (excluding diaryl/α,β-unsaturated/α-hetero) is 1. The summed E-state index contributed by atoms with van der Waals surface area (Å²) in [6.07, 6.45) is 1.14. The molecule has 0 radical (unpaired) electrons. The van der Waals surface area contributed by atoms with E-state index in [0.29, 0.717) is 0 Å². The molecule has 0 atom stereocenters. The second-order valence-electron chi connectivity index (χ2n) is 3.97. The second-order valence-corrected chi connectivity index (χ2v) is 6.11. The van der Waals surface area contributed by atoms with Gasteiger partial charge in [-0.25, -0.2) is 8.42 Å². The predicted molar refractivity (Wildman–Crippen MR) is 56.4 cm³/mol. The van der Waals surface area contributed by atoms with Gasteiger partial charge in [0.15, 0.2) is 15.7 Å². The minimum Gasteiger partial charge on any atom is -0.339 e. The van der Waals surface area contributed by atoms with Crippen LogP contribution in [0.1, 0.15) is 25.6 Å². The molecule has 6 nitrogen and oxygen atoms in total. The first kappa shape index (κ1) is 12.8. The van der Waals surface area contributed by atoms with Crippen LogP contribution in [0.25, 0.3) is 0 Å². The smallest absolute Gasteiger partial charge is 0.234 e. The summed E-state index contributed by atoms with van der Waals surface area (Å²) in [5.74, 6) is -0.141. The standard InChI is InChI=1S/C9H14N2O4S/c1-6(2)7(12)4-9-10-8(11-15-9)5-16(3,13)14/h6H,4-5H2,1-3H3. The number of aromatic nitrogens is 2. The Morgan fingerprint density at radius 2 is 2.06 bits per heavy atom. The van der Waals surface area contributed by atoms with Crippen molar-refractivity contribution in [3.63, 3.8) is 0 Å². The zero-order chi connectivity index (χ0) is 12.3. The molecule has 0 fully saturated rings. The van der Waals surface area contributed by atoms with Crippen molar-refractivity contribution in [3.8, 4) is 0 Å². The lowest BCUT2D eigenvalue weighted by atomic mass is 10.1. The van der Waals surface area contributed by atoms with Crippen LogP contribution in [0.2, 0.25) is 0 Å². The molecule has 0 bridgehead atoms. The van der Waals surface area contributed by atoms with Crippen LogP contribution in [0, 0.1) is 5.92 Å². The van der Waals surface area contributed by atoms with Gasteiger partial charge in [-0.2, -0.15) is 4.98 Å². The lowest BCUT2D eigenvalue weighted by Gasteiger charge is -1.98. The lowest BCUT2D eigenvalue weighted by Crippen LogP contribution is -2.10. The molecular weight excluding hydrogens is 232 g/mol. The molecule has 0 aromatic carbocycles. The maximum atomic E-state index is 11.4. The molecule has 16 heavy (non-hydrogen) atoms. The van der Waals surface area contributed by atoms with Crippen molar-refractivity contribution in [3.05, 3.63) is 11.7 Å². The van der Waals surface area contributed by atoms with Crippen molar-refractivity contribution >= 4 is 15.6 Å². The van der Waals surface area contributed by atoms with Crippen molar-refractivity contribution in [1.29, 1.82) is 0 Å². The summed E-state index contributed by atoms with van der Waals surface area (Å²) in [5, 5.41) is 3.50. The highest BCUT2D eigenvalue weighted by Crippen LogP contribution is 2.05. The molecule has 0 unspecified atom stereocenters. The quantitative estimate of drug-likeness (QED) is 0.746.